The Kier molecular flexibility index (Phi) is 13.5. The fourth-order valence-electron chi connectivity index (χ4n) is 0. The standard InChI is InChI=1S/Ca.Ni.H4O4Si.2H/c;;1-5(2,3)4;;/h;;1-4H;;. The largest absolute Gasteiger partial charge is 0 e. The molecule has 0 atom stereocenters. The van der Waals surface area contributed by atoms with E-state index in [-0.39, 0.29) is 54.2 Å². The predicted octanol–water partition coefficient (Wildman–Crippen LogP) is -3.53. The van der Waals surface area contributed by atoms with Gasteiger partial charge < -0.3 is 19.2 Å². The van der Waals surface area contributed by atoms with Gasteiger partial charge in [-0.3, -0.25) is 0 Å². The summed E-state index contributed by atoms with van der Waals surface area (Å²) in [5, 5.41) is 0. The first-order valence-corrected chi connectivity index (χ1v) is 2.68. The summed E-state index contributed by atoms with van der Waals surface area (Å²) < 4.78 is 0. The van der Waals surface area contributed by atoms with E-state index in [2.05, 4.69) is 0 Å². The van der Waals surface area contributed by atoms with Crippen molar-refractivity contribution in [1.29, 1.82) is 0 Å². The second kappa shape index (κ2) is 5.94. The smallest absolute Gasteiger partial charge is 0 e. The maximum absolute atomic E-state index is 7.33. The molecule has 0 saturated carbocycles. The normalized spacial score (nSPS) is 8.57. The molecule has 4 nitrogen and oxygen atoms in total. The summed E-state index contributed by atoms with van der Waals surface area (Å²) in [7, 11) is -4.61. The van der Waals surface area contributed by atoms with E-state index >= 15 is 0 Å². The molecule has 0 aromatic rings. The van der Waals surface area contributed by atoms with Crippen LogP contribution in [0.4, 0.5) is 0 Å². The van der Waals surface area contributed by atoms with Gasteiger partial charge in [-0.2, -0.15) is 0 Å². The van der Waals surface area contributed by atoms with Gasteiger partial charge >= 0.3 is 46.8 Å². The van der Waals surface area contributed by atoms with E-state index in [1.807, 2.05) is 0 Å². The molecule has 0 aliphatic rings. The molecule has 0 radical (unpaired) electrons. The third kappa shape index (κ3) is 80.5. The second-order valence-electron chi connectivity index (χ2n) is 0.600. The molecule has 46 valence electrons. The van der Waals surface area contributed by atoms with Gasteiger partial charge in [0.15, 0.2) is 0 Å². The maximum atomic E-state index is 7.33. The van der Waals surface area contributed by atoms with E-state index in [4.69, 9.17) is 19.2 Å². The number of hydrogen-bond acceptors (Lipinski definition) is 4. The van der Waals surface area contributed by atoms with Gasteiger partial charge in [-0.25, -0.2) is 0 Å². The Balaban J connectivity index is -0.0000000800. The molecular weight excluding hydrogens is 191 g/mol. The minimum Gasteiger partial charge on any atom is 0 e. The third-order valence-corrected chi connectivity index (χ3v) is 0. The van der Waals surface area contributed by atoms with Crippen molar-refractivity contribution in [2.24, 2.45) is 0 Å². The van der Waals surface area contributed by atoms with Crippen molar-refractivity contribution in [3.05, 3.63) is 0 Å². The van der Waals surface area contributed by atoms with Gasteiger partial charge in [-0.1, -0.05) is 0 Å². The molecule has 0 rings (SSSR count). The van der Waals surface area contributed by atoms with Crippen molar-refractivity contribution < 1.29 is 35.7 Å². The molecule has 0 amide bonds. The molecule has 0 saturated heterocycles. The monoisotopic (exact) mass is 196 g/mol. The Labute approximate surface area is 81.6 Å². The zero-order chi connectivity index (χ0) is 4.50. The van der Waals surface area contributed by atoms with Crippen LogP contribution >= 0.6 is 0 Å². The van der Waals surface area contributed by atoms with Gasteiger partial charge in [0.2, 0.25) is 0 Å². The zero-order valence-corrected chi connectivity index (χ0v) is 4.59. The first-order valence-electron chi connectivity index (χ1n) is 0.894. The average molecular weight is 197 g/mol. The maximum Gasteiger partial charge on any atom is 0 e. The van der Waals surface area contributed by atoms with E-state index in [0.29, 0.717) is 0 Å². The Morgan fingerprint density at radius 2 is 0.857 bits per heavy atom. The fraction of sp³-hybridized carbons (Fsp3) is 0. The molecule has 0 fully saturated rings. The van der Waals surface area contributed by atoms with Gasteiger partial charge in [0.25, 0.3) is 0 Å². The first kappa shape index (κ1) is 15.9. The molecule has 0 aromatic carbocycles. The van der Waals surface area contributed by atoms with Crippen molar-refractivity contribution in [3.63, 3.8) is 0 Å². The summed E-state index contributed by atoms with van der Waals surface area (Å²) in [6.07, 6.45) is 0. The van der Waals surface area contributed by atoms with Gasteiger partial charge in [-0.15, -0.1) is 0 Å². The van der Waals surface area contributed by atoms with Gasteiger partial charge in [0.05, 0.1) is 0 Å². The molecule has 0 bridgehead atoms. The Hall–Kier alpha value is 1.81. The fourth-order valence-corrected chi connectivity index (χ4v) is 0. The van der Waals surface area contributed by atoms with E-state index in [9.17, 15) is 0 Å². The van der Waals surface area contributed by atoms with Crippen LogP contribution in [0, 0.1) is 0 Å². The Morgan fingerprint density at radius 1 is 0.857 bits per heavy atom. The van der Waals surface area contributed by atoms with Crippen LogP contribution in [-0.4, -0.2) is 66.0 Å². The van der Waals surface area contributed by atoms with Crippen LogP contribution in [0.3, 0.4) is 0 Å². The van der Waals surface area contributed by atoms with Crippen LogP contribution in [0.15, 0.2) is 0 Å². The van der Waals surface area contributed by atoms with Crippen LogP contribution in [0.25, 0.3) is 0 Å². The molecule has 0 unspecified atom stereocenters. The molecule has 0 aromatic heterocycles. The number of rotatable bonds is 0. The Morgan fingerprint density at radius 3 is 0.857 bits per heavy atom. The van der Waals surface area contributed by atoms with E-state index in [1.165, 1.54) is 0 Å². The molecule has 7 heteroatoms. The summed E-state index contributed by atoms with van der Waals surface area (Å²) in [4.78, 5) is 29.3. The van der Waals surface area contributed by atoms with Gasteiger partial charge in [-0.05, 0) is 0 Å². The predicted molar refractivity (Wildman–Crippen MR) is 23.2 cm³/mol. The quantitative estimate of drug-likeness (QED) is 0.303. The summed E-state index contributed by atoms with van der Waals surface area (Å²) in [6, 6.07) is 0. The second-order valence-corrected chi connectivity index (χ2v) is 1.80. The molecule has 4 N–H and O–H groups in total. The third-order valence-electron chi connectivity index (χ3n) is 0. The van der Waals surface area contributed by atoms with Crippen LogP contribution in [0.1, 0.15) is 0 Å². The summed E-state index contributed by atoms with van der Waals surface area (Å²) in [5.41, 5.74) is 0. The Bertz CT molecular complexity index is 27.2. The van der Waals surface area contributed by atoms with Crippen LogP contribution < -0.4 is 0 Å². The van der Waals surface area contributed by atoms with Crippen molar-refractivity contribution in [1.82, 2.24) is 0 Å². The molecular formula is H6CaNiO4Si. The molecule has 0 aliphatic carbocycles. The van der Waals surface area contributed by atoms with Crippen LogP contribution in [-0.2, 0) is 16.5 Å². The van der Waals surface area contributed by atoms with E-state index < -0.39 is 9.05 Å². The van der Waals surface area contributed by atoms with Crippen LogP contribution in [0.2, 0.25) is 0 Å². The molecule has 7 heavy (non-hydrogen) atoms. The topological polar surface area (TPSA) is 80.9 Å². The molecule has 0 heterocycles. The van der Waals surface area contributed by atoms with Gasteiger partial charge in [0.1, 0.15) is 0 Å². The SMILES string of the molecule is O[Si](O)(O)O.[CaH2].[Ni]. The zero-order valence-electron chi connectivity index (χ0n) is 2.61. The minimum atomic E-state index is -4.61. The number of hydrogen-bond donors (Lipinski definition) is 4. The van der Waals surface area contributed by atoms with Crippen molar-refractivity contribution in [3.8, 4) is 0 Å². The van der Waals surface area contributed by atoms with E-state index in [1.54, 1.807) is 0 Å². The summed E-state index contributed by atoms with van der Waals surface area (Å²) >= 11 is 0. The van der Waals surface area contributed by atoms with Crippen LogP contribution in [0.5, 0.6) is 0 Å². The van der Waals surface area contributed by atoms with Crippen molar-refractivity contribution in [2.75, 3.05) is 0 Å². The van der Waals surface area contributed by atoms with E-state index in [0.717, 1.165) is 0 Å². The average Bonchev–Trinajstić information content (AvgIpc) is 0.722. The summed E-state index contributed by atoms with van der Waals surface area (Å²) in [5.74, 6) is 0. The van der Waals surface area contributed by atoms with Crippen molar-refractivity contribution in [2.45, 2.75) is 0 Å². The van der Waals surface area contributed by atoms with Gasteiger partial charge in [0, 0.05) is 16.5 Å². The molecule has 0 aliphatic heterocycles. The van der Waals surface area contributed by atoms with Crippen molar-refractivity contribution >= 4 is 46.8 Å². The molecule has 0 spiro atoms. The minimum absolute atomic E-state index is 0. The first-order chi connectivity index (χ1) is 2.00. The summed E-state index contributed by atoms with van der Waals surface area (Å²) in [6.45, 7) is 0.